The second kappa shape index (κ2) is 6.73. The van der Waals surface area contributed by atoms with Crippen LogP contribution in [0.1, 0.15) is 35.6 Å². The van der Waals surface area contributed by atoms with E-state index >= 15 is 0 Å². The molecule has 1 N–H and O–H groups in total. The van der Waals surface area contributed by atoms with Crippen molar-refractivity contribution < 1.29 is 9.53 Å². The highest BCUT2D eigenvalue weighted by Gasteiger charge is 2.36. The van der Waals surface area contributed by atoms with Gasteiger partial charge in [0, 0.05) is 25.0 Å². The topological polar surface area (TPSA) is 51.2 Å². The largest absolute Gasteiger partial charge is 0.373 e. The number of aromatic nitrogens is 1. The van der Waals surface area contributed by atoms with Crippen LogP contribution in [-0.2, 0) is 22.4 Å². The summed E-state index contributed by atoms with van der Waals surface area (Å²) in [5, 5.41) is 3.26. The zero-order chi connectivity index (χ0) is 16.4. The van der Waals surface area contributed by atoms with Crippen molar-refractivity contribution in [3.63, 3.8) is 0 Å². The Bertz CT molecular complexity index is 717. The van der Waals surface area contributed by atoms with E-state index in [4.69, 9.17) is 4.74 Å². The van der Waals surface area contributed by atoms with Gasteiger partial charge in [0.1, 0.15) is 0 Å². The van der Waals surface area contributed by atoms with E-state index in [1.807, 2.05) is 12.1 Å². The zero-order valence-corrected chi connectivity index (χ0v) is 13.7. The smallest absolute Gasteiger partial charge is 0.226 e. The molecule has 2 heterocycles. The van der Waals surface area contributed by atoms with Crippen molar-refractivity contribution in [2.45, 2.75) is 37.8 Å². The van der Waals surface area contributed by atoms with E-state index in [1.54, 1.807) is 12.4 Å². The Morgan fingerprint density at radius 1 is 1.12 bits per heavy atom. The molecular formula is C20H22N2O2. The van der Waals surface area contributed by atoms with E-state index in [0.717, 1.165) is 31.2 Å². The molecule has 0 unspecified atom stereocenters. The van der Waals surface area contributed by atoms with E-state index in [9.17, 15) is 4.79 Å². The summed E-state index contributed by atoms with van der Waals surface area (Å²) in [6.07, 6.45) is 7.11. The van der Waals surface area contributed by atoms with Crippen LogP contribution in [0.3, 0.4) is 0 Å². The molecule has 2 aliphatic rings. The van der Waals surface area contributed by atoms with Crippen molar-refractivity contribution in [1.29, 1.82) is 0 Å². The number of nitrogens with zero attached hydrogens (tertiary/aromatic N) is 1. The predicted octanol–water partition coefficient (Wildman–Crippen LogP) is 2.83. The van der Waals surface area contributed by atoms with Gasteiger partial charge in [0.25, 0.3) is 0 Å². The third kappa shape index (κ3) is 3.06. The van der Waals surface area contributed by atoms with E-state index in [-0.39, 0.29) is 24.0 Å². The summed E-state index contributed by atoms with van der Waals surface area (Å²) in [5.74, 6) is -0.00268. The summed E-state index contributed by atoms with van der Waals surface area (Å²) in [6.45, 7) is 0.630. The lowest BCUT2D eigenvalue weighted by Gasteiger charge is -2.27. The van der Waals surface area contributed by atoms with Crippen LogP contribution in [0.25, 0.3) is 0 Å². The maximum atomic E-state index is 12.8. The molecule has 0 bridgehead atoms. The number of pyridine rings is 1. The van der Waals surface area contributed by atoms with Crippen LogP contribution < -0.4 is 5.32 Å². The standard InChI is InChI=1S/C20H22N2O2/c23-20(18-9-11-24-19(18)16-6-3-10-21-13-16)22-17-8-7-14-4-1-2-5-15(14)12-17/h1-6,10,13,17-19H,7-9,11-12H2,(H,22,23)/t17-,18+,19-/m1/s1. The molecule has 1 aliphatic heterocycles. The summed E-state index contributed by atoms with van der Waals surface area (Å²) in [5.41, 5.74) is 3.77. The molecule has 124 valence electrons. The number of rotatable bonds is 3. The lowest BCUT2D eigenvalue weighted by Crippen LogP contribution is -2.42. The summed E-state index contributed by atoms with van der Waals surface area (Å²) in [6, 6.07) is 12.6. The fourth-order valence-corrected chi connectivity index (χ4v) is 3.86. The Labute approximate surface area is 142 Å². The normalized spacial score (nSPS) is 25.9. The average molecular weight is 322 g/mol. The highest BCUT2D eigenvalue weighted by Crippen LogP contribution is 2.34. The van der Waals surface area contributed by atoms with Crippen molar-refractivity contribution in [2.75, 3.05) is 6.61 Å². The molecule has 1 aromatic heterocycles. The first-order valence-electron chi connectivity index (χ1n) is 8.70. The van der Waals surface area contributed by atoms with E-state index in [1.165, 1.54) is 11.1 Å². The highest BCUT2D eigenvalue weighted by molar-refractivity contribution is 5.80. The summed E-state index contributed by atoms with van der Waals surface area (Å²) < 4.78 is 5.82. The summed E-state index contributed by atoms with van der Waals surface area (Å²) in [4.78, 5) is 16.9. The van der Waals surface area contributed by atoms with Gasteiger partial charge in [0.05, 0.1) is 12.0 Å². The number of carbonyl (C=O) groups excluding carboxylic acids is 1. The molecule has 0 spiro atoms. The van der Waals surface area contributed by atoms with Crippen LogP contribution in [-0.4, -0.2) is 23.5 Å². The third-order valence-corrected chi connectivity index (χ3v) is 5.13. The molecule has 4 heteroatoms. The number of hydrogen-bond acceptors (Lipinski definition) is 3. The van der Waals surface area contributed by atoms with Gasteiger partial charge in [0.15, 0.2) is 0 Å². The number of amides is 1. The van der Waals surface area contributed by atoms with Crippen molar-refractivity contribution in [3.8, 4) is 0 Å². The Hall–Kier alpha value is -2.20. The van der Waals surface area contributed by atoms with Crippen LogP contribution in [0.2, 0.25) is 0 Å². The number of hydrogen-bond donors (Lipinski definition) is 1. The first-order chi connectivity index (χ1) is 11.8. The molecule has 4 rings (SSSR count). The number of benzene rings is 1. The summed E-state index contributed by atoms with van der Waals surface area (Å²) in [7, 11) is 0. The molecule has 2 aromatic rings. The zero-order valence-electron chi connectivity index (χ0n) is 13.7. The fraction of sp³-hybridized carbons (Fsp3) is 0.400. The molecule has 1 fully saturated rings. The van der Waals surface area contributed by atoms with Crippen molar-refractivity contribution in [2.24, 2.45) is 5.92 Å². The maximum absolute atomic E-state index is 12.8. The molecule has 24 heavy (non-hydrogen) atoms. The number of ether oxygens (including phenoxy) is 1. The molecule has 1 amide bonds. The Balaban J connectivity index is 1.43. The van der Waals surface area contributed by atoms with E-state index < -0.39 is 0 Å². The van der Waals surface area contributed by atoms with Crippen LogP contribution in [0.15, 0.2) is 48.8 Å². The third-order valence-electron chi connectivity index (χ3n) is 5.13. The van der Waals surface area contributed by atoms with Crippen molar-refractivity contribution in [1.82, 2.24) is 10.3 Å². The second-order valence-corrected chi connectivity index (χ2v) is 6.69. The highest BCUT2D eigenvalue weighted by atomic mass is 16.5. The van der Waals surface area contributed by atoms with Gasteiger partial charge >= 0.3 is 0 Å². The van der Waals surface area contributed by atoms with Crippen LogP contribution >= 0.6 is 0 Å². The lowest BCUT2D eigenvalue weighted by molar-refractivity contribution is -0.127. The average Bonchev–Trinajstić information content (AvgIpc) is 3.12. The van der Waals surface area contributed by atoms with Crippen LogP contribution in [0.4, 0.5) is 0 Å². The van der Waals surface area contributed by atoms with Crippen molar-refractivity contribution in [3.05, 3.63) is 65.5 Å². The minimum absolute atomic E-state index is 0.116. The minimum Gasteiger partial charge on any atom is -0.373 e. The second-order valence-electron chi connectivity index (χ2n) is 6.69. The Morgan fingerprint density at radius 3 is 2.83 bits per heavy atom. The minimum atomic E-state index is -0.172. The monoisotopic (exact) mass is 322 g/mol. The van der Waals surface area contributed by atoms with E-state index in [0.29, 0.717) is 6.61 Å². The number of fused-ring (bicyclic) bond motifs is 1. The number of aryl methyl sites for hydroxylation is 1. The molecule has 0 radical (unpaired) electrons. The van der Waals surface area contributed by atoms with Crippen LogP contribution in [0, 0.1) is 5.92 Å². The molecular weight excluding hydrogens is 300 g/mol. The van der Waals surface area contributed by atoms with Gasteiger partial charge < -0.3 is 10.1 Å². The number of nitrogens with one attached hydrogen (secondary N) is 1. The van der Waals surface area contributed by atoms with Gasteiger partial charge in [-0.3, -0.25) is 9.78 Å². The van der Waals surface area contributed by atoms with Crippen molar-refractivity contribution >= 4 is 5.91 Å². The predicted molar refractivity (Wildman–Crippen MR) is 91.4 cm³/mol. The van der Waals surface area contributed by atoms with Crippen LogP contribution in [0.5, 0.6) is 0 Å². The van der Waals surface area contributed by atoms with Gasteiger partial charge in [0.2, 0.25) is 5.91 Å². The first kappa shape index (κ1) is 15.3. The first-order valence-corrected chi connectivity index (χ1v) is 8.70. The molecule has 1 aromatic carbocycles. The van der Waals surface area contributed by atoms with Gasteiger partial charge in [-0.2, -0.15) is 0 Å². The molecule has 1 aliphatic carbocycles. The number of carbonyl (C=O) groups is 1. The fourth-order valence-electron chi connectivity index (χ4n) is 3.86. The molecule has 3 atom stereocenters. The molecule has 0 saturated carbocycles. The SMILES string of the molecule is O=C(N[C@@H]1CCc2ccccc2C1)[C@H]1CCO[C@@H]1c1cccnc1. The van der Waals surface area contributed by atoms with E-state index in [2.05, 4.69) is 34.6 Å². The van der Waals surface area contributed by atoms with Gasteiger partial charge in [-0.1, -0.05) is 30.3 Å². The van der Waals surface area contributed by atoms with Gasteiger partial charge in [-0.25, -0.2) is 0 Å². The quantitative estimate of drug-likeness (QED) is 0.945. The summed E-state index contributed by atoms with van der Waals surface area (Å²) >= 11 is 0. The Kier molecular flexibility index (Phi) is 4.30. The Morgan fingerprint density at radius 2 is 2.00 bits per heavy atom. The van der Waals surface area contributed by atoms with Gasteiger partial charge in [-0.15, -0.1) is 0 Å². The maximum Gasteiger partial charge on any atom is 0.226 e. The van der Waals surface area contributed by atoms with Gasteiger partial charge in [-0.05, 0) is 48.4 Å². The lowest BCUT2D eigenvalue weighted by atomic mass is 9.87. The molecule has 4 nitrogen and oxygen atoms in total. The molecule has 1 saturated heterocycles.